The molecule has 3 unspecified atom stereocenters. The minimum Gasteiger partial charge on any atom is -0.480 e. The predicted octanol–water partition coefficient (Wildman–Crippen LogP) is 2.10. The number of hydrogen-bond donors (Lipinski definition) is 2. The van der Waals surface area contributed by atoms with Gasteiger partial charge in [-0.2, -0.15) is 0 Å². The summed E-state index contributed by atoms with van der Waals surface area (Å²) >= 11 is 0. The van der Waals surface area contributed by atoms with Gasteiger partial charge in [0, 0.05) is 12.8 Å². The highest BCUT2D eigenvalue weighted by Gasteiger charge is 2.30. The zero-order valence-electron chi connectivity index (χ0n) is 13.1. The maximum Gasteiger partial charge on any atom is 0.261 e. The molecule has 1 aliphatic rings. The Morgan fingerprint density at radius 1 is 1.22 bits per heavy atom. The number of carbonyl (C=O) groups is 1. The highest BCUT2D eigenvalue weighted by atomic mass is 16.5. The normalized spacial score (nSPS) is 18.6. The van der Waals surface area contributed by atoms with Crippen LogP contribution in [0.3, 0.4) is 0 Å². The second-order valence-corrected chi connectivity index (χ2v) is 5.97. The zero-order valence-corrected chi connectivity index (χ0v) is 13.1. The summed E-state index contributed by atoms with van der Waals surface area (Å²) in [4.78, 5) is 12.3. The lowest BCUT2D eigenvalue weighted by Crippen LogP contribution is -2.47. The van der Waals surface area contributed by atoms with Crippen LogP contribution in [0.2, 0.25) is 0 Å². The van der Waals surface area contributed by atoms with Crippen LogP contribution in [-0.2, 0) is 17.6 Å². The van der Waals surface area contributed by atoms with Gasteiger partial charge in [0.1, 0.15) is 5.75 Å². The van der Waals surface area contributed by atoms with E-state index in [9.17, 15) is 9.90 Å². The summed E-state index contributed by atoms with van der Waals surface area (Å²) in [6, 6.07) is 17.1. The van der Waals surface area contributed by atoms with Gasteiger partial charge in [-0.05, 0) is 24.1 Å². The number of carbonyl (C=O) groups excluding carboxylic acids is 1. The molecule has 3 atom stereocenters. The summed E-state index contributed by atoms with van der Waals surface area (Å²) in [5.41, 5.74) is 2.09. The monoisotopic (exact) mass is 311 g/mol. The molecule has 0 saturated heterocycles. The third-order valence-electron chi connectivity index (χ3n) is 4.17. The largest absolute Gasteiger partial charge is 0.480 e. The molecule has 0 radical (unpaired) electrons. The van der Waals surface area contributed by atoms with Crippen molar-refractivity contribution >= 4 is 5.91 Å². The van der Waals surface area contributed by atoms with Crippen molar-refractivity contribution in [3.63, 3.8) is 0 Å². The van der Waals surface area contributed by atoms with Crippen molar-refractivity contribution in [1.29, 1.82) is 0 Å². The van der Waals surface area contributed by atoms with Crippen molar-refractivity contribution in [2.45, 2.75) is 38.0 Å². The third kappa shape index (κ3) is 3.71. The van der Waals surface area contributed by atoms with E-state index in [2.05, 4.69) is 5.32 Å². The zero-order chi connectivity index (χ0) is 16.2. The first kappa shape index (κ1) is 15.6. The molecule has 0 aliphatic carbocycles. The van der Waals surface area contributed by atoms with Gasteiger partial charge in [0.15, 0.2) is 6.10 Å². The standard InChI is InChI=1S/C19H21NO3/c1-13(16(21)11-14-7-3-2-4-8-14)20-19(22)18-12-15-9-5-6-10-17(15)23-18/h2-10,13,16,18,21H,11-12H2,1H3,(H,20,22). The molecule has 0 bridgehead atoms. The van der Waals surface area contributed by atoms with Crippen LogP contribution >= 0.6 is 0 Å². The topological polar surface area (TPSA) is 58.6 Å². The van der Waals surface area contributed by atoms with E-state index < -0.39 is 12.2 Å². The number of hydrogen-bond acceptors (Lipinski definition) is 3. The van der Waals surface area contributed by atoms with Crippen molar-refractivity contribution in [3.8, 4) is 5.75 Å². The molecule has 1 aliphatic heterocycles. The first-order valence-electron chi connectivity index (χ1n) is 7.90. The number of rotatable bonds is 5. The van der Waals surface area contributed by atoms with E-state index >= 15 is 0 Å². The first-order valence-corrected chi connectivity index (χ1v) is 7.90. The maximum absolute atomic E-state index is 12.3. The fourth-order valence-corrected chi connectivity index (χ4v) is 2.77. The van der Waals surface area contributed by atoms with Crippen molar-refractivity contribution in [2.24, 2.45) is 0 Å². The number of amides is 1. The van der Waals surface area contributed by atoms with Gasteiger partial charge < -0.3 is 15.2 Å². The Kier molecular flexibility index (Phi) is 4.63. The van der Waals surface area contributed by atoms with Gasteiger partial charge in [-0.15, -0.1) is 0 Å². The van der Waals surface area contributed by atoms with Crippen LogP contribution < -0.4 is 10.1 Å². The molecule has 2 aromatic carbocycles. The molecule has 0 fully saturated rings. The summed E-state index contributed by atoms with van der Waals surface area (Å²) in [7, 11) is 0. The molecular formula is C19H21NO3. The van der Waals surface area contributed by atoms with Crippen LogP contribution in [0.15, 0.2) is 54.6 Å². The van der Waals surface area contributed by atoms with E-state index in [1.807, 2.05) is 61.5 Å². The number of nitrogens with one attached hydrogen (secondary N) is 1. The lowest BCUT2D eigenvalue weighted by molar-refractivity contribution is -0.128. The second kappa shape index (κ2) is 6.84. The smallest absolute Gasteiger partial charge is 0.261 e. The molecule has 1 amide bonds. The molecule has 2 N–H and O–H groups in total. The number of fused-ring (bicyclic) bond motifs is 1. The number of aliphatic hydroxyl groups excluding tert-OH is 1. The Morgan fingerprint density at radius 3 is 2.65 bits per heavy atom. The molecule has 4 nitrogen and oxygen atoms in total. The summed E-state index contributed by atoms with van der Waals surface area (Å²) in [6.07, 6.45) is -0.0683. The van der Waals surface area contributed by atoms with E-state index in [-0.39, 0.29) is 11.9 Å². The molecule has 2 aromatic rings. The molecule has 3 rings (SSSR count). The molecule has 1 heterocycles. The van der Waals surface area contributed by atoms with Crippen LogP contribution in [0.25, 0.3) is 0 Å². The van der Waals surface area contributed by atoms with Gasteiger partial charge in [-0.25, -0.2) is 0 Å². The summed E-state index contributed by atoms with van der Waals surface area (Å²) in [6.45, 7) is 1.81. The van der Waals surface area contributed by atoms with Crippen LogP contribution in [0.1, 0.15) is 18.1 Å². The molecule has 0 aromatic heterocycles. The van der Waals surface area contributed by atoms with E-state index in [0.29, 0.717) is 12.8 Å². The number of ether oxygens (including phenoxy) is 1. The average Bonchev–Trinajstić information content (AvgIpc) is 3.00. The molecule has 4 heteroatoms. The van der Waals surface area contributed by atoms with Gasteiger partial charge in [0.2, 0.25) is 0 Å². The maximum atomic E-state index is 12.3. The van der Waals surface area contributed by atoms with Gasteiger partial charge in [0.25, 0.3) is 5.91 Å². The van der Waals surface area contributed by atoms with Crippen LogP contribution in [-0.4, -0.2) is 29.3 Å². The highest BCUT2D eigenvalue weighted by molar-refractivity contribution is 5.82. The van der Waals surface area contributed by atoms with Crippen molar-refractivity contribution in [2.75, 3.05) is 0 Å². The van der Waals surface area contributed by atoms with Crippen LogP contribution in [0.5, 0.6) is 5.75 Å². The summed E-state index contributed by atoms with van der Waals surface area (Å²) < 4.78 is 5.67. The third-order valence-corrected chi connectivity index (χ3v) is 4.17. The molecule has 0 spiro atoms. The number of para-hydroxylation sites is 1. The molecule has 120 valence electrons. The van der Waals surface area contributed by atoms with Crippen molar-refractivity contribution in [3.05, 3.63) is 65.7 Å². The number of aliphatic hydroxyl groups is 1. The molecular weight excluding hydrogens is 290 g/mol. The van der Waals surface area contributed by atoms with E-state index in [1.165, 1.54) is 0 Å². The van der Waals surface area contributed by atoms with Gasteiger partial charge in [-0.3, -0.25) is 4.79 Å². The van der Waals surface area contributed by atoms with Crippen LogP contribution in [0, 0.1) is 0 Å². The lowest BCUT2D eigenvalue weighted by atomic mass is 10.0. The fourth-order valence-electron chi connectivity index (χ4n) is 2.77. The Labute approximate surface area is 136 Å². The average molecular weight is 311 g/mol. The van der Waals surface area contributed by atoms with Gasteiger partial charge in [-0.1, -0.05) is 48.5 Å². The highest BCUT2D eigenvalue weighted by Crippen LogP contribution is 2.28. The van der Waals surface area contributed by atoms with E-state index in [4.69, 9.17) is 4.74 Å². The second-order valence-electron chi connectivity index (χ2n) is 5.97. The van der Waals surface area contributed by atoms with Gasteiger partial charge >= 0.3 is 0 Å². The Hall–Kier alpha value is -2.33. The fraction of sp³-hybridized carbons (Fsp3) is 0.316. The summed E-state index contributed by atoms with van der Waals surface area (Å²) in [5, 5.41) is 13.1. The molecule has 0 saturated carbocycles. The predicted molar refractivity (Wildman–Crippen MR) is 88.3 cm³/mol. The Bertz CT molecular complexity index is 646. The Morgan fingerprint density at radius 2 is 1.91 bits per heavy atom. The minimum atomic E-state index is -0.634. The van der Waals surface area contributed by atoms with E-state index in [1.54, 1.807) is 0 Å². The lowest BCUT2D eigenvalue weighted by Gasteiger charge is -2.22. The summed E-state index contributed by atoms with van der Waals surface area (Å²) in [5.74, 6) is 0.589. The van der Waals surface area contributed by atoms with Crippen LogP contribution in [0.4, 0.5) is 0 Å². The van der Waals surface area contributed by atoms with Gasteiger partial charge in [0.05, 0.1) is 12.1 Å². The minimum absolute atomic E-state index is 0.180. The quantitative estimate of drug-likeness (QED) is 0.889. The van der Waals surface area contributed by atoms with E-state index in [0.717, 1.165) is 16.9 Å². The molecule has 23 heavy (non-hydrogen) atoms. The van der Waals surface area contributed by atoms with Crippen molar-refractivity contribution < 1.29 is 14.6 Å². The van der Waals surface area contributed by atoms with Crippen molar-refractivity contribution in [1.82, 2.24) is 5.32 Å². The SMILES string of the molecule is CC(NC(=O)C1Cc2ccccc2O1)C(O)Cc1ccccc1. The number of benzene rings is 2. The Balaban J connectivity index is 1.54. The first-order chi connectivity index (χ1) is 11.1.